The largest absolute Gasteiger partial charge is 0.469 e. The number of hydrogen-bond donors (Lipinski definition) is 1. The normalized spacial score (nSPS) is 14.9. The number of aliphatic hydroxyl groups is 1. The Kier molecular flexibility index (Phi) is 5.93. The number of hydrogen-bond acceptors (Lipinski definition) is 8. The van der Waals surface area contributed by atoms with Gasteiger partial charge in [0, 0.05) is 25.8 Å². The van der Waals surface area contributed by atoms with E-state index >= 15 is 0 Å². The van der Waals surface area contributed by atoms with Crippen molar-refractivity contribution in [2.75, 3.05) is 7.11 Å². The molecule has 4 heterocycles. The van der Waals surface area contributed by atoms with E-state index in [1.54, 1.807) is 22.7 Å². The second-order valence-electron chi connectivity index (χ2n) is 8.18. The Hall–Kier alpha value is -3.14. The molecule has 9 heteroatoms. The van der Waals surface area contributed by atoms with Gasteiger partial charge in [0.25, 0.3) is 0 Å². The number of thiophene rings is 2. The van der Waals surface area contributed by atoms with Crippen LogP contribution in [-0.2, 0) is 16.1 Å². The van der Waals surface area contributed by atoms with Crippen LogP contribution in [0.3, 0.4) is 0 Å². The molecular formula is C25H24N4O3S2. The fourth-order valence-corrected chi connectivity index (χ4v) is 6.26. The molecule has 0 fully saturated rings. The number of rotatable bonds is 5. The number of esters is 1. The van der Waals surface area contributed by atoms with Gasteiger partial charge in [0.15, 0.2) is 5.82 Å². The van der Waals surface area contributed by atoms with Crippen molar-refractivity contribution in [1.29, 1.82) is 0 Å². The molecule has 1 aromatic carbocycles. The van der Waals surface area contributed by atoms with E-state index in [4.69, 9.17) is 9.73 Å². The fraction of sp³-hybridized carbons (Fsp3) is 0.280. The van der Waals surface area contributed by atoms with Gasteiger partial charge in [0.05, 0.1) is 25.8 Å². The highest BCUT2D eigenvalue weighted by Crippen LogP contribution is 2.40. The van der Waals surface area contributed by atoms with Crippen LogP contribution in [0.1, 0.15) is 50.6 Å². The molecule has 7 nitrogen and oxygen atoms in total. The SMILES string of the molecule is COC(=O)C[C@@H]1N=C(c2ccc(-c3ccc(CO)s3)cc2)c2c(sc(C)c2C)-n2c(C)nnc21. The van der Waals surface area contributed by atoms with Crippen LogP contribution in [0.4, 0.5) is 0 Å². The summed E-state index contributed by atoms with van der Waals surface area (Å²) in [4.78, 5) is 20.6. The molecule has 0 radical (unpaired) electrons. The minimum atomic E-state index is -0.507. The lowest BCUT2D eigenvalue weighted by molar-refractivity contribution is -0.141. The van der Waals surface area contributed by atoms with Crippen molar-refractivity contribution < 1.29 is 14.6 Å². The Balaban J connectivity index is 1.66. The molecule has 1 aliphatic heterocycles. The summed E-state index contributed by atoms with van der Waals surface area (Å²) in [5.74, 6) is 1.06. The highest BCUT2D eigenvalue weighted by Gasteiger charge is 2.32. The van der Waals surface area contributed by atoms with Gasteiger partial charge in [0.1, 0.15) is 16.9 Å². The number of aliphatic imine (C=N–C) groups is 1. The Morgan fingerprint density at radius 2 is 1.79 bits per heavy atom. The van der Waals surface area contributed by atoms with Crippen LogP contribution in [0.5, 0.6) is 0 Å². The van der Waals surface area contributed by atoms with Crippen molar-refractivity contribution in [2.45, 2.75) is 39.8 Å². The fourth-order valence-electron chi connectivity index (χ4n) is 4.18. The third-order valence-corrected chi connectivity index (χ3v) is 8.40. The van der Waals surface area contributed by atoms with Crippen molar-refractivity contribution in [1.82, 2.24) is 14.8 Å². The van der Waals surface area contributed by atoms with Gasteiger partial charge in [0.2, 0.25) is 0 Å². The summed E-state index contributed by atoms with van der Waals surface area (Å²) in [5.41, 5.74) is 5.09. The predicted molar refractivity (Wildman–Crippen MR) is 134 cm³/mol. The van der Waals surface area contributed by atoms with Gasteiger partial charge in [-0.1, -0.05) is 24.3 Å². The van der Waals surface area contributed by atoms with E-state index in [-0.39, 0.29) is 19.0 Å². The molecule has 1 aliphatic rings. The summed E-state index contributed by atoms with van der Waals surface area (Å²) in [6.45, 7) is 6.18. The third kappa shape index (κ3) is 3.79. The van der Waals surface area contributed by atoms with Gasteiger partial charge in [-0.2, -0.15) is 0 Å². The molecular weight excluding hydrogens is 468 g/mol. The molecule has 0 aliphatic carbocycles. The minimum absolute atomic E-state index is 0.0454. The van der Waals surface area contributed by atoms with E-state index in [2.05, 4.69) is 48.3 Å². The van der Waals surface area contributed by atoms with E-state index < -0.39 is 6.04 Å². The number of methoxy groups -OCH3 is 1. The van der Waals surface area contributed by atoms with Gasteiger partial charge in [-0.25, -0.2) is 0 Å². The number of carbonyl (C=O) groups excluding carboxylic acids is 1. The zero-order chi connectivity index (χ0) is 24.0. The maximum absolute atomic E-state index is 12.2. The quantitative estimate of drug-likeness (QED) is 0.399. The van der Waals surface area contributed by atoms with Crippen molar-refractivity contribution in [2.24, 2.45) is 4.99 Å². The highest BCUT2D eigenvalue weighted by molar-refractivity contribution is 7.15. The molecule has 174 valence electrons. The first-order valence-electron chi connectivity index (χ1n) is 10.9. The average molecular weight is 493 g/mol. The first-order chi connectivity index (χ1) is 16.4. The number of ether oxygens (including phenoxy) is 1. The summed E-state index contributed by atoms with van der Waals surface area (Å²) < 4.78 is 6.98. The molecule has 1 atom stereocenters. The van der Waals surface area contributed by atoms with E-state index in [9.17, 15) is 9.90 Å². The lowest BCUT2D eigenvalue weighted by Gasteiger charge is -2.12. The van der Waals surface area contributed by atoms with Crippen molar-refractivity contribution in [3.63, 3.8) is 0 Å². The second-order valence-corrected chi connectivity index (χ2v) is 10.6. The molecule has 4 aromatic rings. The smallest absolute Gasteiger partial charge is 0.308 e. The summed E-state index contributed by atoms with van der Waals surface area (Å²) >= 11 is 3.27. The maximum Gasteiger partial charge on any atom is 0.308 e. The average Bonchev–Trinajstić information content (AvgIpc) is 3.52. The number of nitrogens with zero attached hydrogens (tertiary/aromatic N) is 4. The summed E-state index contributed by atoms with van der Waals surface area (Å²) in [6.07, 6.45) is 0.0856. The first kappa shape index (κ1) is 22.6. The van der Waals surface area contributed by atoms with Crippen molar-refractivity contribution in [3.05, 3.63) is 74.5 Å². The van der Waals surface area contributed by atoms with Crippen LogP contribution < -0.4 is 0 Å². The van der Waals surface area contributed by atoms with Gasteiger partial charge >= 0.3 is 5.97 Å². The predicted octanol–water partition coefficient (Wildman–Crippen LogP) is 4.93. The van der Waals surface area contributed by atoms with Gasteiger partial charge in [-0.3, -0.25) is 14.4 Å². The Labute approximate surface area is 205 Å². The molecule has 0 unspecified atom stereocenters. The van der Waals surface area contributed by atoms with Crippen molar-refractivity contribution in [3.8, 4) is 15.4 Å². The van der Waals surface area contributed by atoms with Crippen molar-refractivity contribution >= 4 is 34.4 Å². The van der Waals surface area contributed by atoms with Crippen LogP contribution in [0, 0.1) is 20.8 Å². The second kappa shape index (κ2) is 8.90. The lowest BCUT2D eigenvalue weighted by atomic mass is 9.98. The van der Waals surface area contributed by atoms with Gasteiger partial charge in [-0.05, 0) is 44.0 Å². The Morgan fingerprint density at radius 3 is 2.47 bits per heavy atom. The molecule has 34 heavy (non-hydrogen) atoms. The first-order valence-corrected chi connectivity index (χ1v) is 12.5. The standard InChI is InChI=1S/C25H24N4O3S2/c1-13-14(2)33-25-22(13)23(17-7-5-16(6-8-17)20-10-9-18(12-30)34-20)26-19(11-21(31)32-4)24-28-27-15(3)29(24)25/h5-10,19,30H,11-12H2,1-4H3/t19-/m0/s1. The lowest BCUT2D eigenvalue weighted by Crippen LogP contribution is -2.12. The summed E-state index contributed by atoms with van der Waals surface area (Å²) in [6, 6.07) is 11.7. The molecule has 0 saturated carbocycles. The number of aromatic nitrogens is 3. The molecule has 3 aromatic heterocycles. The van der Waals surface area contributed by atoms with Crippen LogP contribution in [0.25, 0.3) is 15.4 Å². The highest BCUT2D eigenvalue weighted by atomic mass is 32.1. The molecule has 0 spiro atoms. The number of fused-ring (bicyclic) bond motifs is 3. The van der Waals surface area contributed by atoms with Crippen LogP contribution in [0.2, 0.25) is 0 Å². The van der Waals surface area contributed by atoms with Crippen LogP contribution >= 0.6 is 22.7 Å². The molecule has 1 N–H and O–H groups in total. The topological polar surface area (TPSA) is 89.6 Å². The van der Waals surface area contributed by atoms with E-state index in [1.165, 1.54) is 12.0 Å². The third-order valence-electron chi connectivity index (χ3n) is 6.09. The maximum atomic E-state index is 12.2. The molecule has 5 rings (SSSR count). The van der Waals surface area contributed by atoms with Crippen LogP contribution in [-0.4, -0.2) is 38.7 Å². The Bertz CT molecular complexity index is 1410. The molecule has 0 saturated heterocycles. The zero-order valence-electron chi connectivity index (χ0n) is 19.3. The molecule has 0 amide bonds. The number of carbonyl (C=O) groups is 1. The number of aliphatic hydroxyl groups excluding tert-OH is 1. The Morgan fingerprint density at radius 1 is 1.06 bits per heavy atom. The van der Waals surface area contributed by atoms with E-state index in [0.29, 0.717) is 5.82 Å². The molecule has 0 bridgehead atoms. The monoisotopic (exact) mass is 492 g/mol. The van der Waals surface area contributed by atoms with Gasteiger partial charge < -0.3 is 9.84 Å². The summed E-state index contributed by atoms with van der Waals surface area (Å²) in [5, 5.41) is 19.1. The zero-order valence-corrected chi connectivity index (χ0v) is 21.0. The number of benzene rings is 1. The van der Waals surface area contributed by atoms with Crippen LogP contribution in [0.15, 0.2) is 41.4 Å². The van der Waals surface area contributed by atoms with E-state index in [0.717, 1.165) is 48.5 Å². The minimum Gasteiger partial charge on any atom is -0.469 e. The van der Waals surface area contributed by atoms with Gasteiger partial charge in [-0.15, -0.1) is 32.9 Å². The number of aryl methyl sites for hydroxylation is 2. The van der Waals surface area contributed by atoms with E-state index in [1.807, 2.05) is 23.6 Å². The summed E-state index contributed by atoms with van der Waals surface area (Å²) in [7, 11) is 1.38.